The Labute approximate surface area is 93.6 Å². The summed E-state index contributed by atoms with van der Waals surface area (Å²) in [6, 6.07) is 7.82. The van der Waals surface area contributed by atoms with Crippen LogP contribution in [0.15, 0.2) is 30.6 Å². The number of nitrogen functional groups attached to an aromatic ring is 2. The first kappa shape index (κ1) is 10.5. The zero-order chi connectivity index (χ0) is 11.5. The van der Waals surface area contributed by atoms with E-state index in [1.54, 1.807) is 7.11 Å². The van der Waals surface area contributed by atoms with Crippen molar-refractivity contribution in [3.8, 4) is 11.3 Å². The fourth-order valence-corrected chi connectivity index (χ4v) is 1.61. The van der Waals surface area contributed by atoms with Crippen LogP contribution in [0.1, 0.15) is 5.56 Å². The zero-order valence-electron chi connectivity index (χ0n) is 9.05. The molecule has 5 nitrogen and oxygen atoms in total. The van der Waals surface area contributed by atoms with Gasteiger partial charge < -0.3 is 16.3 Å². The van der Waals surface area contributed by atoms with Gasteiger partial charge in [0.15, 0.2) is 5.82 Å². The van der Waals surface area contributed by atoms with Crippen molar-refractivity contribution in [2.75, 3.05) is 18.7 Å². The molecule has 16 heavy (non-hydrogen) atoms. The lowest BCUT2D eigenvalue weighted by Crippen LogP contribution is -2.10. The predicted molar refractivity (Wildman–Crippen MR) is 62.9 cm³/mol. The highest BCUT2D eigenvalue weighted by atomic mass is 16.5. The molecule has 0 aliphatic rings. The average molecular weight is 218 g/mol. The van der Waals surface area contributed by atoms with Crippen molar-refractivity contribution in [1.29, 1.82) is 0 Å². The van der Waals surface area contributed by atoms with Crippen LogP contribution in [0.2, 0.25) is 0 Å². The molecule has 1 aromatic heterocycles. The number of benzene rings is 1. The van der Waals surface area contributed by atoms with Gasteiger partial charge in [0.25, 0.3) is 0 Å². The van der Waals surface area contributed by atoms with E-state index in [2.05, 4.69) is 4.98 Å². The first-order valence-electron chi connectivity index (χ1n) is 4.89. The second kappa shape index (κ2) is 4.24. The second-order valence-electron chi connectivity index (χ2n) is 3.48. The molecular formula is C11H14N4O. The lowest BCUT2D eigenvalue weighted by Gasteiger charge is -2.07. The van der Waals surface area contributed by atoms with Crippen LogP contribution < -0.4 is 11.6 Å². The number of imidazole rings is 1. The molecule has 0 fully saturated rings. The summed E-state index contributed by atoms with van der Waals surface area (Å²) >= 11 is 0. The maximum atomic E-state index is 5.83. The minimum atomic E-state index is 0.448. The van der Waals surface area contributed by atoms with E-state index in [4.69, 9.17) is 16.3 Å². The standard InChI is InChI=1S/C11H14N4O/c1-16-6-8-4-2-3-5-9(8)10-11(12)15(13)7-14-10/h2-5,7H,6,12-13H2,1H3. The van der Waals surface area contributed by atoms with Crippen LogP contribution in [0.4, 0.5) is 5.82 Å². The highest BCUT2D eigenvalue weighted by molar-refractivity contribution is 5.73. The maximum Gasteiger partial charge on any atom is 0.150 e. The predicted octanol–water partition coefficient (Wildman–Crippen LogP) is 0.993. The van der Waals surface area contributed by atoms with E-state index in [0.29, 0.717) is 18.1 Å². The van der Waals surface area contributed by atoms with Crippen LogP contribution in [-0.2, 0) is 11.3 Å². The summed E-state index contributed by atoms with van der Waals surface area (Å²) in [5.74, 6) is 6.05. The highest BCUT2D eigenvalue weighted by Crippen LogP contribution is 2.26. The minimum Gasteiger partial charge on any atom is -0.382 e. The molecule has 2 aromatic rings. The quantitative estimate of drug-likeness (QED) is 0.753. The molecule has 0 amide bonds. The van der Waals surface area contributed by atoms with E-state index in [0.717, 1.165) is 11.1 Å². The van der Waals surface area contributed by atoms with Crippen molar-refractivity contribution in [1.82, 2.24) is 9.66 Å². The molecule has 5 heteroatoms. The number of hydrogen-bond donors (Lipinski definition) is 2. The molecule has 1 aromatic carbocycles. The maximum absolute atomic E-state index is 5.83. The fraction of sp³-hybridized carbons (Fsp3) is 0.182. The van der Waals surface area contributed by atoms with Gasteiger partial charge in [-0.25, -0.2) is 9.66 Å². The Morgan fingerprint density at radius 2 is 2.12 bits per heavy atom. The van der Waals surface area contributed by atoms with Crippen LogP contribution in [-0.4, -0.2) is 16.8 Å². The van der Waals surface area contributed by atoms with Gasteiger partial charge in [-0.05, 0) is 5.56 Å². The summed E-state index contributed by atoms with van der Waals surface area (Å²) in [4.78, 5) is 4.19. The third-order valence-electron chi connectivity index (χ3n) is 2.40. The van der Waals surface area contributed by atoms with Gasteiger partial charge in [0.1, 0.15) is 12.0 Å². The van der Waals surface area contributed by atoms with Gasteiger partial charge in [-0.1, -0.05) is 24.3 Å². The van der Waals surface area contributed by atoms with Gasteiger partial charge in [-0.15, -0.1) is 0 Å². The van der Waals surface area contributed by atoms with Gasteiger partial charge in [0.05, 0.1) is 6.61 Å². The Morgan fingerprint density at radius 3 is 2.75 bits per heavy atom. The van der Waals surface area contributed by atoms with Gasteiger partial charge in [-0.3, -0.25) is 0 Å². The Kier molecular flexibility index (Phi) is 2.78. The molecule has 0 saturated carbocycles. The Hall–Kier alpha value is -2.01. The highest BCUT2D eigenvalue weighted by Gasteiger charge is 2.11. The van der Waals surface area contributed by atoms with E-state index in [1.165, 1.54) is 11.0 Å². The van der Waals surface area contributed by atoms with Gasteiger partial charge >= 0.3 is 0 Å². The third-order valence-corrected chi connectivity index (χ3v) is 2.40. The van der Waals surface area contributed by atoms with Crippen LogP contribution in [0.5, 0.6) is 0 Å². The summed E-state index contributed by atoms with van der Waals surface area (Å²) in [7, 11) is 1.65. The first-order valence-corrected chi connectivity index (χ1v) is 4.89. The van der Waals surface area contributed by atoms with E-state index in [1.807, 2.05) is 24.3 Å². The number of hydrogen-bond acceptors (Lipinski definition) is 4. The molecule has 0 bridgehead atoms. The number of aromatic nitrogens is 2. The van der Waals surface area contributed by atoms with Crippen LogP contribution in [0, 0.1) is 0 Å². The number of nitrogens with zero attached hydrogens (tertiary/aromatic N) is 2. The number of ether oxygens (including phenoxy) is 1. The van der Waals surface area contributed by atoms with Crippen molar-refractivity contribution in [3.05, 3.63) is 36.2 Å². The van der Waals surface area contributed by atoms with Gasteiger partial charge in [0.2, 0.25) is 0 Å². The topological polar surface area (TPSA) is 79.1 Å². The van der Waals surface area contributed by atoms with Crippen LogP contribution in [0.25, 0.3) is 11.3 Å². The summed E-state index contributed by atoms with van der Waals surface area (Å²) in [5.41, 5.74) is 8.51. The molecule has 2 rings (SSSR count). The van der Waals surface area contributed by atoms with E-state index in [9.17, 15) is 0 Å². The van der Waals surface area contributed by atoms with Crippen molar-refractivity contribution in [2.24, 2.45) is 0 Å². The first-order chi connectivity index (χ1) is 7.74. The summed E-state index contributed by atoms with van der Waals surface area (Å²) in [6.45, 7) is 0.521. The van der Waals surface area contributed by atoms with Crippen molar-refractivity contribution < 1.29 is 4.74 Å². The molecule has 4 N–H and O–H groups in total. The molecule has 84 valence electrons. The molecule has 0 spiro atoms. The normalized spacial score (nSPS) is 10.6. The number of rotatable bonds is 3. The van der Waals surface area contributed by atoms with Crippen LogP contribution >= 0.6 is 0 Å². The lowest BCUT2D eigenvalue weighted by molar-refractivity contribution is 0.185. The van der Waals surface area contributed by atoms with E-state index < -0.39 is 0 Å². The third kappa shape index (κ3) is 1.72. The fourth-order valence-electron chi connectivity index (χ4n) is 1.61. The lowest BCUT2D eigenvalue weighted by atomic mass is 10.1. The monoisotopic (exact) mass is 218 g/mol. The van der Waals surface area contributed by atoms with E-state index in [-0.39, 0.29) is 0 Å². The smallest absolute Gasteiger partial charge is 0.150 e. The molecule has 0 atom stereocenters. The Bertz CT molecular complexity index is 492. The van der Waals surface area contributed by atoms with Crippen molar-refractivity contribution >= 4 is 5.82 Å². The molecular weight excluding hydrogens is 204 g/mol. The average Bonchev–Trinajstić information content (AvgIpc) is 2.61. The van der Waals surface area contributed by atoms with E-state index >= 15 is 0 Å². The van der Waals surface area contributed by atoms with Gasteiger partial charge in [-0.2, -0.15) is 0 Å². The molecule has 0 unspecified atom stereocenters. The molecule has 0 saturated heterocycles. The Morgan fingerprint density at radius 1 is 1.38 bits per heavy atom. The summed E-state index contributed by atoms with van der Waals surface area (Å²) in [5, 5.41) is 0. The molecule has 0 aliphatic carbocycles. The number of anilines is 1. The molecule has 1 heterocycles. The minimum absolute atomic E-state index is 0.448. The van der Waals surface area contributed by atoms with Crippen molar-refractivity contribution in [2.45, 2.75) is 6.61 Å². The molecule has 0 aliphatic heterocycles. The summed E-state index contributed by atoms with van der Waals surface area (Å²) in [6.07, 6.45) is 1.49. The largest absolute Gasteiger partial charge is 0.382 e. The Balaban J connectivity index is 2.51. The number of nitrogens with two attached hydrogens (primary N) is 2. The number of methoxy groups -OCH3 is 1. The molecule has 0 radical (unpaired) electrons. The second-order valence-corrected chi connectivity index (χ2v) is 3.48. The summed E-state index contributed by atoms with van der Waals surface area (Å²) < 4.78 is 6.43. The van der Waals surface area contributed by atoms with Gasteiger partial charge in [0, 0.05) is 12.7 Å². The van der Waals surface area contributed by atoms with Crippen molar-refractivity contribution in [3.63, 3.8) is 0 Å². The van der Waals surface area contributed by atoms with Crippen LogP contribution in [0.3, 0.4) is 0 Å². The SMILES string of the molecule is COCc1ccccc1-c1ncn(N)c1N. The zero-order valence-corrected chi connectivity index (χ0v) is 9.05.